The third kappa shape index (κ3) is 4.80. The summed E-state index contributed by atoms with van der Waals surface area (Å²) in [5.41, 5.74) is 16.7. The zero-order valence-electron chi connectivity index (χ0n) is 31.4. The number of aromatic nitrogens is 2. The number of hydrogen-bond acceptors (Lipinski definition) is 4. The fourth-order valence-electron chi connectivity index (χ4n) is 9.20. The van der Waals surface area contributed by atoms with Crippen LogP contribution in [0.5, 0.6) is 0 Å². The van der Waals surface area contributed by atoms with Crippen LogP contribution < -0.4 is 0 Å². The van der Waals surface area contributed by atoms with Crippen molar-refractivity contribution in [2.75, 3.05) is 0 Å². The third-order valence-electron chi connectivity index (χ3n) is 12.1. The summed E-state index contributed by atoms with van der Waals surface area (Å²) >= 11 is 0. The monoisotopic (exact) mass is 730 g/mol. The molecule has 0 spiro atoms. The quantitative estimate of drug-likeness (QED) is 0.181. The van der Waals surface area contributed by atoms with E-state index in [0.717, 1.165) is 88.3 Å². The summed E-state index contributed by atoms with van der Waals surface area (Å²) < 4.78 is 12.4. The lowest BCUT2D eigenvalue weighted by molar-refractivity contribution is 0.661. The topological polar surface area (TPSA) is 52.1 Å². The van der Waals surface area contributed by atoms with Crippen LogP contribution in [0.2, 0.25) is 0 Å². The molecule has 3 heterocycles. The van der Waals surface area contributed by atoms with Crippen molar-refractivity contribution in [2.45, 2.75) is 19.3 Å². The van der Waals surface area contributed by atoms with Gasteiger partial charge in [0.15, 0.2) is 5.82 Å². The summed E-state index contributed by atoms with van der Waals surface area (Å²) in [5, 5.41) is 5.51. The van der Waals surface area contributed by atoms with E-state index >= 15 is 0 Å². The van der Waals surface area contributed by atoms with Crippen LogP contribution >= 0.6 is 0 Å². The Kier molecular flexibility index (Phi) is 6.65. The second-order valence-electron chi connectivity index (χ2n) is 15.7. The van der Waals surface area contributed by atoms with E-state index in [0.29, 0.717) is 5.82 Å². The molecule has 0 amide bonds. The van der Waals surface area contributed by atoms with Gasteiger partial charge in [-0.3, -0.25) is 0 Å². The third-order valence-corrected chi connectivity index (χ3v) is 12.1. The Hall–Kier alpha value is -7.30. The van der Waals surface area contributed by atoms with Crippen molar-refractivity contribution >= 4 is 54.8 Å². The minimum absolute atomic E-state index is 0.316. The van der Waals surface area contributed by atoms with Gasteiger partial charge >= 0.3 is 0 Å². The van der Waals surface area contributed by atoms with E-state index in [1.807, 2.05) is 30.3 Å². The molecule has 0 bridgehead atoms. The van der Waals surface area contributed by atoms with Crippen molar-refractivity contribution in [2.24, 2.45) is 0 Å². The lowest BCUT2D eigenvalue weighted by Gasteiger charge is -2.23. The van der Waals surface area contributed by atoms with E-state index in [1.165, 1.54) is 27.8 Å². The molecule has 12 rings (SSSR count). The van der Waals surface area contributed by atoms with Crippen LogP contribution in [0, 0.1) is 0 Å². The molecule has 1 aliphatic carbocycles. The Bertz CT molecular complexity index is 3440. The fourth-order valence-corrected chi connectivity index (χ4v) is 9.20. The molecule has 11 aromatic rings. The van der Waals surface area contributed by atoms with Crippen LogP contribution in [0.15, 0.2) is 179 Å². The van der Waals surface area contributed by atoms with Gasteiger partial charge < -0.3 is 8.83 Å². The first-order chi connectivity index (χ1) is 28.0. The molecule has 0 unspecified atom stereocenters. The molecule has 4 heteroatoms. The average Bonchev–Trinajstić information content (AvgIpc) is 3.90. The van der Waals surface area contributed by atoms with Crippen molar-refractivity contribution < 1.29 is 8.83 Å². The Labute approximate surface area is 328 Å². The fraction of sp³-hybridized carbons (Fsp3) is 0.0566. The zero-order chi connectivity index (χ0) is 37.8. The molecular formula is C53H34N2O2. The predicted molar refractivity (Wildman–Crippen MR) is 233 cm³/mol. The summed E-state index contributed by atoms with van der Waals surface area (Å²) in [6.45, 7) is 4.70. The van der Waals surface area contributed by atoms with E-state index in [4.69, 9.17) is 18.8 Å². The molecular weight excluding hydrogens is 697 g/mol. The molecule has 1 aliphatic rings. The van der Waals surface area contributed by atoms with Gasteiger partial charge in [0, 0.05) is 43.5 Å². The number of furan rings is 2. The van der Waals surface area contributed by atoms with E-state index in [-0.39, 0.29) is 5.41 Å². The first-order valence-corrected chi connectivity index (χ1v) is 19.5. The first-order valence-electron chi connectivity index (χ1n) is 19.5. The Morgan fingerprint density at radius 2 is 0.930 bits per heavy atom. The van der Waals surface area contributed by atoms with E-state index in [2.05, 4.69) is 153 Å². The SMILES string of the molecule is CC1(C)c2cc(-c3ccc4oc5ccccc5c4c3)ccc2-c2c(-c3nc(-c4ccccc4)c4ccccc4n3)cc(-c3ccc4oc5ccccc5c4c3)cc21. The van der Waals surface area contributed by atoms with Gasteiger partial charge in [0.2, 0.25) is 0 Å². The minimum atomic E-state index is -0.316. The molecule has 4 nitrogen and oxygen atoms in total. The summed E-state index contributed by atoms with van der Waals surface area (Å²) in [4.78, 5) is 10.8. The van der Waals surface area contributed by atoms with Crippen molar-refractivity contribution in [3.63, 3.8) is 0 Å². The van der Waals surface area contributed by atoms with Crippen LogP contribution in [0.25, 0.3) is 111 Å². The smallest absolute Gasteiger partial charge is 0.161 e. The highest BCUT2D eigenvalue weighted by molar-refractivity contribution is 6.08. The normalized spacial score (nSPS) is 13.2. The molecule has 0 N–H and O–H groups in total. The number of hydrogen-bond donors (Lipinski definition) is 0. The summed E-state index contributed by atoms with van der Waals surface area (Å²) in [5.74, 6) is 0.713. The number of nitrogens with zero attached hydrogens (tertiary/aromatic N) is 2. The second-order valence-corrected chi connectivity index (χ2v) is 15.7. The molecule has 0 aliphatic heterocycles. The van der Waals surface area contributed by atoms with Crippen LogP contribution in [-0.4, -0.2) is 9.97 Å². The lowest BCUT2D eigenvalue weighted by atomic mass is 9.80. The lowest BCUT2D eigenvalue weighted by Crippen LogP contribution is -2.15. The summed E-state index contributed by atoms with van der Waals surface area (Å²) in [7, 11) is 0. The standard InChI is InChI=1S/C53H34N2O2/c1-53(2)43-29-34(32-21-24-48-40(26-32)36-14-7-10-18-46(36)56-48)20-23-38(43)50-42(52-54-45-17-9-6-16-39(45)51(55-52)31-12-4-3-5-13-31)28-35(30-44(50)53)33-22-25-49-41(27-33)37-15-8-11-19-47(37)57-49/h3-30H,1-2H3. The molecule has 268 valence electrons. The molecule has 0 saturated carbocycles. The highest BCUT2D eigenvalue weighted by Crippen LogP contribution is 2.54. The van der Waals surface area contributed by atoms with Crippen LogP contribution in [-0.2, 0) is 5.41 Å². The summed E-state index contributed by atoms with van der Waals surface area (Å²) in [6.07, 6.45) is 0. The molecule has 0 fully saturated rings. The Morgan fingerprint density at radius 3 is 1.63 bits per heavy atom. The largest absolute Gasteiger partial charge is 0.456 e. The number of benzene rings is 8. The van der Waals surface area contributed by atoms with Gasteiger partial charge in [-0.15, -0.1) is 0 Å². The maximum atomic E-state index is 6.24. The van der Waals surface area contributed by atoms with Gasteiger partial charge in [-0.05, 0) is 105 Å². The maximum absolute atomic E-state index is 6.24. The van der Waals surface area contributed by atoms with Crippen molar-refractivity contribution in [3.05, 3.63) is 181 Å². The van der Waals surface area contributed by atoms with Gasteiger partial charge in [0.25, 0.3) is 0 Å². The van der Waals surface area contributed by atoms with Gasteiger partial charge in [-0.25, -0.2) is 9.97 Å². The van der Waals surface area contributed by atoms with Gasteiger partial charge in [-0.1, -0.05) is 123 Å². The maximum Gasteiger partial charge on any atom is 0.161 e. The van der Waals surface area contributed by atoms with Gasteiger partial charge in [-0.2, -0.15) is 0 Å². The van der Waals surface area contributed by atoms with Crippen molar-refractivity contribution in [1.82, 2.24) is 9.97 Å². The van der Waals surface area contributed by atoms with E-state index in [1.54, 1.807) is 0 Å². The Morgan fingerprint density at radius 1 is 0.386 bits per heavy atom. The predicted octanol–water partition coefficient (Wildman–Crippen LogP) is 14.4. The minimum Gasteiger partial charge on any atom is -0.456 e. The highest BCUT2D eigenvalue weighted by atomic mass is 16.3. The van der Waals surface area contributed by atoms with Gasteiger partial charge in [0.05, 0.1) is 11.2 Å². The number of rotatable bonds is 4. The average molecular weight is 731 g/mol. The van der Waals surface area contributed by atoms with Crippen LogP contribution in [0.4, 0.5) is 0 Å². The van der Waals surface area contributed by atoms with Crippen LogP contribution in [0.1, 0.15) is 25.0 Å². The molecule has 0 saturated heterocycles. The number of fused-ring (bicyclic) bond motifs is 10. The molecule has 3 aromatic heterocycles. The van der Waals surface area contributed by atoms with E-state index < -0.39 is 0 Å². The number of para-hydroxylation sites is 3. The molecule has 0 atom stereocenters. The van der Waals surface area contributed by atoms with Crippen LogP contribution in [0.3, 0.4) is 0 Å². The Balaban J connectivity index is 1.10. The second kappa shape index (κ2) is 11.8. The van der Waals surface area contributed by atoms with Crippen molar-refractivity contribution in [1.29, 1.82) is 0 Å². The highest BCUT2D eigenvalue weighted by Gasteiger charge is 2.38. The molecule has 8 aromatic carbocycles. The molecule has 0 radical (unpaired) electrons. The zero-order valence-corrected chi connectivity index (χ0v) is 31.4. The summed E-state index contributed by atoms with van der Waals surface area (Å²) in [6, 6.07) is 60.1. The van der Waals surface area contributed by atoms with Crippen molar-refractivity contribution in [3.8, 4) is 56.0 Å². The first kappa shape index (κ1) is 32.0. The van der Waals surface area contributed by atoms with Gasteiger partial charge in [0.1, 0.15) is 22.3 Å². The molecule has 57 heavy (non-hydrogen) atoms. The van der Waals surface area contributed by atoms with E-state index in [9.17, 15) is 0 Å².